The fourth-order valence-electron chi connectivity index (χ4n) is 2.77. The standard InChI is InChI=1S/C18H21N5O3/c1-11-9-10-19-18-21-16(22-23(11)18)17(24)20-12(2)15(26-4)13-5-7-14(25-3)8-6-13/h5-10,12,15H,1-4H3,(H,20,24)/t12-,15-/m0/s1. The maximum atomic E-state index is 12.5. The van der Waals surface area contributed by atoms with Gasteiger partial charge in [-0.05, 0) is 37.6 Å². The lowest BCUT2D eigenvalue weighted by Gasteiger charge is -2.23. The van der Waals surface area contributed by atoms with Crippen molar-refractivity contribution in [2.75, 3.05) is 14.2 Å². The molecule has 2 aromatic heterocycles. The van der Waals surface area contributed by atoms with Gasteiger partial charge in [0.05, 0.1) is 13.2 Å². The summed E-state index contributed by atoms with van der Waals surface area (Å²) in [5.74, 6) is 0.847. The normalized spacial score (nSPS) is 13.4. The Kier molecular flexibility index (Phi) is 5.13. The van der Waals surface area contributed by atoms with Crippen LogP contribution < -0.4 is 10.1 Å². The van der Waals surface area contributed by atoms with Crippen LogP contribution >= 0.6 is 0 Å². The molecule has 26 heavy (non-hydrogen) atoms. The van der Waals surface area contributed by atoms with Crippen LogP contribution in [0.25, 0.3) is 5.78 Å². The summed E-state index contributed by atoms with van der Waals surface area (Å²) in [7, 11) is 3.22. The SMILES string of the molecule is COc1ccc([C@@H](OC)[C@H](C)NC(=O)c2nc3nccc(C)n3n2)cc1. The lowest BCUT2D eigenvalue weighted by molar-refractivity contribution is 0.0640. The summed E-state index contributed by atoms with van der Waals surface area (Å²) in [4.78, 5) is 20.8. The fraction of sp³-hybridized carbons (Fsp3) is 0.333. The number of nitrogens with zero attached hydrogens (tertiary/aromatic N) is 4. The highest BCUT2D eigenvalue weighted by atomic mass is 16.5. The summed E-state index contributed by atoms with van der Waals surface area (Å²) in [6.07, 6.45) is 1.32. The molecule has 1 aromatic carbocycles. The number of rotatable bonds is 6. The number of ether oxygens (including phenoxy) is 2. The van der Waals surface area contributed by atoms with Crippen molar-refractivity contribution in [3.05, 3.63) is 53.6 Å². The second kappa shape index (κ2) is 7.49. The van der Waals surface area contributed by atoms with Gasteiger partial charge in [0.2, 0.25) is 5.82 Å². The van der Waals surface area contributed by atoms with Gasteiger partial charge in [0.15, 0.2) is 0 Å². The van der Waals surface area contributed by atoms with E-state index in [0.29, 0.717) is 5.78 Å². The number of aryl methyl sites for hydroxylation is 1. The minimum Gasteiger partial charge on any atom is -0.497 e. The molecule has 1 N–H and O–H groups in total. The van der Waals surface area contributed by atoms with Crippen LogP contribution in [0.3, 0.4) is 0 Å². The molecule has 0 bridgehead atoms. The van der Waals surface area contributed by atoms with Gasteiger partial charge in [-0.25, -0.2) is 9.50 Å². The Morgan fingerprint density at radius 1 is 1.19 bits per heavy atom. The number of hydrogen-bond acceptors (Lipinski definition) is 6. The summed E-state index contributed by atoms with van der Waals surface area (Å²) in [6.45, 7) is 3.74. The molecule has 0 unspecified atom stereocenters. The summed E-state index contributed by atoms with van der Waals surface area (Å²) in [5.41, 5.74) is 1.78. The van der Waals surface area contributed by atoms with E-state index < -0.39 is 0 Å². The molecule has 1 amide bonds. The third kappa shape index (κ3) is 3.50. The van der Waals surface area contributed by atoms with E-state index in [2.05, 4.69) is 20.4 Å². The van der Waals surface area contributed by atoms with Gasteiger partial charge in [-0.15, -0.1) is 5.10 Å². The Bertz CT molecular complexity index is 907. The predicted octanol–water partition coefficient (Wildman–Crippen LogP) is 1.95. The molecule has 3 rings (SSSR count). The Morgan fingerprint density at radius 2 is 1.92 bits per heavy atom. The molecule has 0 saturated carbocycles. The summed E-state index contributed by atoms with van der Waals surface area (Å²) >= 11 is 0. The quantitative estimate of drug-likeness (QED) is 0.727. The molecular weight excluding hydrogens is 334 g/mol. The van der Waals surface area contributed by atoms with E-state index in [1.807, 2.05) is 38.1 Å². The molecule has 2 atom stereocenters. The van der Waals surface area contributed by atoms with Crippen molar-refractivity contribution in [1.82, 2.24) is 24.9 Å². The van der Waals surface area contributed by atoms with E-state index in [-0.39, 0.29) is 23.9 Å². The zero-order valence-electron chi connectivity index (χ0n) is 15.1. The predicted molar refractivity (Wildman–Crippen MR) is 95.2 cm³/mol. The smallest absolute Gasteiger partial charge is 0.291 e. The van der Waals surface area contributed by atoms with E-state index >= 15 is 0 Å². The number of methoxy groups -OCH3 is 2. The highest BCUT2D eigenvalue weighted by Crippen LogP contribution is 2.23. The van der Waals surface area contributed by atoms with Crippen molar-refractivity contribution < 1.29 is 14.3 Å². The molecule has 8 heteroatoms. The van der Waals surface area contributed by atoms with Crippen LogP contribution in [0.5, 0.6) is 5.75 Å². The summed E-state index contributed by atoms with van der Waals surface area (Å²) in [6, 6.07) is 9.04. The Balaban J connectivity index is 1.76. The first-order valence-corrected chi connectivity index (χ1v) is 8.19. The molecular formula is C18H21N5O3. The van der Waals surface area contributed by atoms with Crippen LogP contribution in [0.2, 0.25) is 0 Å². The third-order valence-electron chi connectivity index (χ3n) is 4.14. The van der Waals surface area contributed by atoms with Crippen molar-refractivity contribution in [3.63, 3.8) is 0 Å². The van der Waals surface area contributed by atoms with Crippen molar-refractivity contribution in [2.45, 2.75) is 26.0 Å². The first-order chi connectivity index (χ1) is 12.5. The average Bonchev–Trinajstić information content (AvgIpc) is 3.09. The monoisotopic (exact) mass is 355 g/mol. The zero-order valence-corrected chi connectivity index (χ0v) is 15.1. The molecule has 0 aliphatic rings. The van der Waals surface area contributed by atoms with Gasteiger partial charge in [0.1, 0.15) is 11.9 Å². The molecule has 0 spiro atoms. The Morgan fingerprint density at radius 3 is 2.54 bits per heavy atom. The van der Waals surface area contributed by atoms with E-state index in [9.17, 15) is 4.79 Å². The number of benzene rings is 1. The first-order valence-electron chi connectivity index (χ1n) is 8.19. The van der Waals surface area contributed by atoms with Crippen molar-refractivity contribution in [2.24, 2.45) is 0 Å². The number of aromatic nitrogens is 4. The fourth-order valence-corrected chi connectivity index (χ4v) is 2.77. The Labute approximate surface area is 151 Å². The maximum absolute atomic E-state index is 12.5. The first kappa shape index (κ1) is 17.8. The number of carbonyl (C=O) groups excluding carboxylic acids is 1. The van der Waals surface area contributed by atoms with Crippen molar-refractivity contribution in [3.8, 4) is 5.75 Å². The highest BCUT2D eigenvalue weighted by Gasteiger charge is 2.23. The Hall–Kier alpha value is -3.00. The maximum Gasteiger partial charge on any atom is 0.291 e. The average molecular weight is 355 g/mol. The minimum atomic E-state index is -0.377. The van der Waals surface area contributed by atoms with Crippen molar-refractivity contribution >= 4 is 11.7 Å². The minimum absolute atomic E-state index is 0.0724. The molecule has 136 valence electrons. The van der Waals surface area contributed by atoms with E-state index in [4.69, 9.17) is 9.47 Å². The van der Waals surface area contributed by atoms with E-state index in [1.54, 1.807) is 26.5 Å². The molecule has 3 aromatic rings. The van der Waals surface area contributed by atoms with Gasteiger partial charge in [0, 0.05) is 19.0 Å². The molecule has 0 radical (unpaired) electrons. The summed E-state index contributed by atoms with van der Waals surface area (Å²) < 4.78 is 12.3. The molecule has 0 fully saturated rings. The van der Waals surface area contributed by atoms with Crippen LogP contribution in [0.15, 0.2) is 36.5 Å². The highest BCUT2D eigenvalue weighted by molar-refractivity contribution is 5.91. The summed E-state index contributed by atoms with van der Waals surface area (Å²) in [5, 5.41) is 7.11. The van der Waals surface area contributed by atoms with Crippen LogP contribution in [0.4, 0.5) is 0 Å². The molecule has 0 aliphatic heterocycles. The molecule has 0 saturated heterocycles. The van der Waals surface area contributed by atoms with Gasteiger partial charge in [-0.2, -0.15) is 4.98 Å². The number of carbonyl (C=O) groups is 1. The van der Waals surface area contributed by atoms with E-state index in [0.717, 1.165) is 17.0 Å². The second-order valence-electron chi connectivity index (χ2n) is 5.93. The number of hydrogen-bond donors (Lipinski definition) is 1. The van der Waals surface area contributed by atoms with Gasteiger partial charge < -0.3 is 14.8 Å². The van der Waals surface area contributed by atoms with Gasteiger partial charge in [0.25, 0.3) is 11.7 Å². The van der Waals surface area contributed by atoms with Crippen LogP contribution in [0.1, 0.15) is 34.9 Å². The van der Waals surface area contributed by atoms with Gasteiger partial charge in [-0.1, -0.05) is 12.1 Å². The zero-order chi connectivity index (χ0) is 18.7. The lowest BCUT2D eigenvalue weighted by atomic mass is 10.0. The number of fused-ring (bicyclic) bond motifs is 1. The number of amides is 1. The van der Waals surface area contributed by atoms with Crippen LogP contribution in [0, 0.1) is 6.92 Å². The van der Waals surface area contributed by atoms with Crippen LogP contribution in [-0.4, -0.2) is 45.8 Å². The van der Waals surface area contributed by atoms with Gasteiger partial charge in [-0.3, -0.25) is 4.79 Å². The van der Waals surface area contributed by atoms with Gasteiger partial charge >= 0.3 is 0 Å². The largest absolute Gasteiger partial charge is 0.497 e. The third-order valence-corrected chi connectivity index (χ3v) is 4.14. The van der Waals surface area contributed by atoms with Crippen LogP contribution in [-0.2, 0) is 4.74 Å². The second-order valence-corrected chi connectivity index (χ2v) is 5.93. The van der Waals surface area contributed by atoms with E-state index in [1.165, 1.54) is 4.52 Å². The van der Waals surface area contributed by atoms with Crippen molar-refractivity contribution in [1.29, 1.82) is 0 Å². The number of nitrogens with one attached hydrogen (secondary N) is 1. The molecule has 2 heterocycles. The lowest BCUT2D eigenvalue weighted by Crippen LogP contribution is -2.38. The molecule has 0 aliphatic carbocycles. The topological polar surface area (TPSA) is 90.6 Å². The molecule has 8 nitrogen and oxygen atoms in total.